The van der Waals surface area contributed by atoms with Crippen molar-refractivity contribution in [2.75, 3.05) is 13.2 Å². The van der Waals surface area contributed by atoms with Gasteiger partial charge in [0.15, 0.2) is 0 Å². The number of benzene rings is 2. The van der Waals surface area contributed by atoms with Crippen molar-refractivity contribution in [3.63, 3.8) is 0 Å². The van der Waals surface area contributed by atoms with E-state index in [1.165, 1.54) is 0 Å². The van der Waals surface area contributed by atoms with E-state index < -0.39 is 0 Å². The summed E-state index contributed by atoms with van der Waals surface area (Å²) in [5, 5.41) is 4.02. The van der Waals surface area contributed by atoms with Gasteiger partial charge in [0.05, 0.1) is 25.0 Å². The van der Waals surface area contributed by atoms with Gasteiger partial charge >= 0.3 is 0 Å². The molecule has 0 fully saturated rings. The highest BCUT2D eigenvalue weighted by Crippen LogP contribution is 2.23. The fourth-order valence-corrected chi connectivity index (χ4v) is 2.53. The van der Waals surface area contributed by atoms with E-state index in [0.29, 0.717) is 17.9 Å². The van der Waals surface area contributed by atoms with E-state index >= 15 is 0 Å². The van der Waals surface area contributed by atoms with Gasteiger partial charge in [-0.25, -0.2) is 5.43 Å². The summed E-state index contributed by atoms with van der Waals surface area (Å²) in [7, 11) is 0. The summed E-state index contributed by atoms with van der Waals surface area (Å²) in [5.74, 6) is 1.03. The molecule has 5 nitrogen and oxygen atoms in total. The highest BCUT2D eigenvalue weighted by atomic mass is 79.9. The summed E-state index contributed by atoms with van der Waals surface area (Å²) in [6.07, 6.45) is 3.73. The molecule has 0 aromatic heterocycles. The number of amides is 1. The lowest BCUT2D eigenvalue weighted by atomic mass is 10.2. The number of carbonyl (C=O) groups excluding carboxylic acids is 1. The van der Waals surface area contributed by atoms with Crippen LogP contribution in [0, 0.1) is 0 Å². The predicted molar refractivity (Wildman–Crippen MR) is 107 cm³/mol. The molecule has 1 N–H and O–H groups in total. The fourth-order valence-electron chi connectivity index (χ4n) is 2.17. The van der Waals surface area contributed by atoms with Crippen LogP contribution in [-0.4, -0.2) is 25.3 Å². The fraction of sp³-hybridized carbons (Fsp3) is 0.300. The second-order valence-corrected chi connectivity index (χ2v) is 6.46. The molecule has 26 heavy (non-hydrogen) atoms. The lowest BCUT2D eigenvalue weighted by Gasteiger charge is -2.09. The smallest absolute Gasteiger partial charge is 0.275 e. The van der Waals surface area contributed by atoms with E-state index in [2.05, 4.69) is 33.4 Å². The van der Waals surface area contributed by atoms with Gasteiger partial charge in [-0.15, -0.1) is 0 Å². The monoisotopic (exact) mass is 418 g/mol. The molecule has 0 saturated carbocycles. The molecule has 0 saturated heterocycles. The number of nitrogens with one attached hydrogen (secondary N) is 1. The summed E-state index contributed by atoms with van der Waals surface area (Å²) in [4.78, 5) is 12.3. The first-order chi connectivity index (χ1) is 12.6. The van der Waals surface area contributed by atoms with Crippen LogP contribution in [0.5, 0.6) is 11.5 Å². The molecule has 0 aliphatic heterocycles. The average molecular weight is 419 g/mol. The van der Waals surface area contributed by atoms with Crippen LogP contribution in [0.4, 0.5) is 0 Å². The Morgan fingerprint density at radius 1 is 1.15 bits per heavy atom. The van der Waals surface area contributed by atoms with Crippen LogP contribution in [-0.2, 0) is 0 Å². The maximum absolute atomic E-state index is 12.3. The molecular formula is C20H23BrN2O3. The third kappa shape index (κ3) is 6.19. The van der Waals surface area contributed by atoms with E-state index in [1.807, 2.05) is 37.3 Å². The number of hydrazone groups is 1. The summed E-state index contributed by atoms with van der Waals surface area (Å²) in [5.41, 5.74) is 3.83. The zero-order chi connectivity index (χ0) is 18.8. The number of unbranched alkanes of at least 4 members (excludes halogenated alkanes) is 1. The number of carbonyl (C=O) groups is 1. The molecule has 1 amide bonds. The Hall–Kier alpha value is -2.34. The zero-order valence-corrected chi connectivity index (χ0v) is 16.6. The molecular weight excluding hydrogens is 396 g/mol. The van der Waals surface area contributed by atoms with E-state index in [9.17, 15) is 4.79 Å². The molecule has 0 atom stereocenters. The van der Waals surface area contributed by atoms with Gasteiger partial charge in [0, 0.05) is 4.47 Å². The first-order valence-electron chi connectivity index (χ1n) is 8.62. The quantitative estimate of drug-likeness (QED) is 0.361. The SMILES string of the molecule is CCCCOc1ccc(C=NNC(=O)c2cc(Br)ccc2OCC)cc1. The van der Waals surface area contributed by atoms with E-state index in [4.69, 9.17) is 9.47 Å². The number of hydrogen-bond donors (Lipinski definition) is 1. The van der Waals surface area contributed by atoms with Gasteiger partial charge in [-0.2, -0.15) is 5.10 Å². The normalized spacial score (nSPS) is 10.7. The van der Waals surface area contributed by atoms with E-state index in [-0.39, 0.29) is 5.91 Å². The van der Waals surface area contributed by atoms with E-state index in [0.717, 1.165) is 35.2 Å². The van der Waals surface area contributed by atoms with Gasteiger partial charge in [0.1, 0.15) is 11.5 Å². The maximum Gasteiger partial charge on any atom is 0.275 e. The molecule has 2 aromatic carbocycles. The topological polar surface area (TPSA) is 59.9 Å². The minimum Gasteiger partial charge on any atom is -0.494 e. The van der Waals surface area contributed by atoms with Gasteiger partial charge in [0.2, 0.25) is 0 Å². The van der Waals surface area contributed by atoms with E-state index in [1.54, 1.807) is 18.3 Å². The maximum atomic E-state index is 12.3. The van der Waals surface area contributed by atoms with Crippen LogP contribution in [0.1, 0.15) is 42.6 Å². The van der Waals surface area contributed by atoms with Gasteiger partial charge in [-0.1, -0.05) is 29.3 Å². The van der Waals surface area contributed by atoms with Crippen molar-refractivity contribution in [1.29, 1.82) is 0 Å². The van der Waals surface area contributed by atoms with Crippen LogP contribution >= 0.6 is 15.9 Å². The lowest BCUT2D eigenvalue weighted by molar-refractivity contribution is 0.0951. The molecule has 0 heterocycles. The predicted octanol–water partition coefficient (Wildman–Crippen LogP) is 4.79. The van der Waals surface area contributed by atoms with Gasteiger partial charge in [-0.3, -0.25) is 4.79 Å². The van der Waals surface area contributed by atoms with Gasteiger partial charge in [0.25, 0.3) is 5.91 Å². The standard InChI is InChI=1S/C20H23BrN2O3/c1-3-5-12-26-17-9-6-15(7-10-17)14-22-23-20(24)18-13-16(21)8-11-19(18)25-4-2/h6-11,13-14H,3-5,12H2,1-2H3,(H,23,24). The van der Waals surface area contributed by atoms with Crippen molar-refractivity contribution in [2.24, 2.45) is 5.10 Å². The largest absolute Gasteiger partial charge is 0.494 e. The lowest BCUT2D eigenvalue weighted by Crippen LogP contribution is -2.18. The minimum atomic E-state index is -0.328. The summed E-state index contributed by atoms with van der Waals surface area (Å²) < 4.78 is 11.9. The minimum absolute atomic E-state index is 0.328. The molecule has 0 radical (unpaired) electrons. The Bertz CT molecular complexity index is 745. The number of nitrogens with zero attached hydrogens (tertiary/aromatic N) is 1. The Labute approximate surface area is 162 Å². The highest BCUT2D eigenvalue weighted by molar-refractivity contribution is 9.10. The molecule has 2 rings (SSSR count). The molecule has 0 bridgehead atoms. The summed E-state index contributed by atoms with van der Waals surface area (Å²) in [6.45, 7) is 5.20. The molecule has 0 aliphatic rings. The van der Waals surface area contributed by atoms with Gasteiger partial charge in [-0.05, 0) is 61.4 Å². The third-order valence-electron chi connectivity index (χ3n) is 3.51. The molecule has 0 unspecified atom stereocenters. The summed E-state index contributed by atoms with van der Waals surface area (Å²) in [6, 6.07) is 12.8. The zero-order valence-electron chi connectivity index (χ0n) is 15.0. The van der Waals surface area contributed by atoms with Crippen molar-refractivity contribution < 1.29 is 14.3 Å². The van der Waals surface area contributed by atoms with Crippen molar-refractivity contribution in [2.45, 2.75) is 26.7 Å². The molecule has 2 aromatic rings. The van der Waals surface area contributed by atoms with Gasteiger partial charge < -0.3 is 9.47 Å². The molecule has 138 valence electrons. The highest BCUT2D eigenvalue weighted by Gasteiger charge is 2.12. The Balaban J connectivity index is 1.95. The number of hydrogen-bond acceptors (Lipinski definition) is 4. The molecule has 0 spiro atoms. The Kier molecular flexibility index (Phi) is 8.15. The van der Waals surface area contributed by atoms with Crippen molar-refractivity contribution in [1.82, 2.24) is 5.43 Å². The Morgan fingerprint density at radius 3 is 2.62 bits per heavy atom. The van der Waals surface area contributed by atoms with Crippen LogP contribution < -0.4 is 14.9 Å². The van der Waals surface area contributed by atoms with Crippen LogP contribution in [0.25, 0.3) is 0 Å². The summed E-state index contributed by atoms with van der Waals surface area (Å²) >= 11 is 3.36. The van der Waals surface area contributed by atoms with Crippen LogP contribution in [0.2, 0.25) is 0 Å². The third-order valence-corrected chi connectivity index (χ3v) is 4.01. The van der Waals surface area contributed by atoms with Crippen LogP contribution in [0.3, 0.4) is 0 Å². The number of rotatable bonds is 9. The van der Waals surface area contributed by atoms with Crippen molar-refractivity contribution in [3.8, 4) is 11.5 Å². The molecule has 6 heteroatoms. The second-order valence-electron chi connectivity index (χ2n) is 5.54. The number of ether oxygens (including phenoxy) is 2. The van der Waals surface area contributed by atoms with Crippen molar-refractivity contribution in [3.05, 3.63) is 58.1 Å². The molecule has 0 aliphatic carbocycles. The second kappa shape index (κ2) is 10.6. The average Bonchev–Trinajstić information content (AvgIpc) is 2.65. The Morgan fingerprint density at radius 2 is 1.92 bits per heavy atom. The van der Waals surface area contributed by atoms with Crippen molar-refractivity contribution >= 4 is 28.1 Å². The first-order valence-corrected chi connectivity index (χ1v) is 9.42. The first kappa shape index (κ1) is 20.0. The number of halogens is 1. The van der Waals surface area contributed by atoms with Crippen LogP contribution in [0.15, 0.2) is 52.0 Å².